The Hall–Kier alpha value is -0.120. The van der Waals surface area contributed by atoms with E-state index in [9.17, 15) is 0 Å². The molecule has 3 rings (SSSR count). The van der Waals surface area contributed by atoms with Crippen molar-refractivity contribution >= 4 is 0 Å². The average molecular weight is 280 g/mol. The fourth-order valence-electron chi connectivity index (χ4n) is 4.08. The maximum absolute atomic E-state index is 5.88. The Morgan fingerprint density at radius 1 is 1.15 bits per heavy atom. The lowest BCUT2D eigenvalue weighted by Gasteiger charge is -2.42. The van der Waals surface area contributed by atoms with Crippen molar-refractivity contribution in [3.05, 3.63) is 0 Å². The molecule has 2 aliphatic carbocycles. The SMILES string of the molecule is CCN(CC1(CNC2CC2)CCCOC1)C1CCCC1. The van der Waals surface area contributed by atoms with Crippen LogP contribution in [0.1, 0.15) is 58.3 Å². The highest BCUT2D eigenvalue weighted by atomic mass is 16.5. The molecule has 0 aromatic carbocycles. The van der Waals surface area contributed by atoms with E-state index in [1.807, 2.05) is 0 Å². The quantitative estimate of drug-likeness (QED) is 0.776. The first-order valence-corrected chi connectivity index (χ1v) is 8.86. The Balaban J connectivity index is 1.60. The van der Waals surface area contributed by atoms with E-state index in [0.29, 0.717) is 5.41 Å². The summed E-state index contributed by atoms with van der Waals surface area (Å²) < 4.78 is 5.88. The van der Waals surface area contributed by atoms with Crippen LogP contribution < -0.4 is 5.32 Å². The minimum atomic E-state index is 0.374. The van der Waals surface area contributed by atoms with Crippen LogP contribution in [0.2, 0.25) is 0 Å². The molecule has 0 aromatic rings. The van der Waals surface area contributed by atoms with Gasteiger partial charge >= 0.3 is 0 Å². The van der Waals surface area contributed by atoms with Gasteiger partial charge in [0.05, 0.1) is 6.61 Å². The van der Waals surface area contributed by atoms with Crippen molar-refractivity contribution in [2.24, 2.45) is 5.41 Å². The summed E-state index contributed by atoms with van der Waals surface area (Å²) in [6.07, 6.45) is 11.1. The first-order valence-electron chi connectivity index (χ1n) is 8.86. The molecule has 0 bridgehead atoms. The molecule has 3 fully saturated rings. The Morgan fingerprint density at radius 3 is 2.55 bits per heavy atom. The lowest BCUT2D eigenvalue weighted by Crippen LogP contribution is -2.51. The molecule has 0 aromatic heterocycles. The third-order valence-corrected chi connectivity index (χ3v) is 5.53. The molecule has 1 N–H and O–H groups in total. The van der Waals surface area contributed by atoms with Gasteiger partial charge in [0.25, 0.3) is 0 Å². The van der Waals surface area contributed by atoms with Crippen LogP contribution in [0.4, 0.5) is 0 Å². The minimum absolute atomic E-state index is 0.374. The topological polar surface area (TPSA) is 24.5 Å². The highest BCUT2D eigenvalue weighted by molar-refractivity contribution is 4.92. The van der Waals surface area contributed by atoms with Crippen molar-refractivity contribution in [3.8, 4) is 0 Å². The Morgan fingerprint density at radius 2 is 1.95 bits per heavy atom. The zero-order chi connectivity index (χ0) is 13.8. The summed E-state index contributed by atoms with van der Waals surface area (Å²) in [6, 6.07) is 1.66. The van der Waals surface area contributed by atoms with E-state index >= 15 is 0 Å². The molecule has 1 saturated heterocycles. The van der Waals surface area contributed by atoms with Gasteiger partial charge < -0.3 is 10.1 Å². The Bertz CT molecular complexity index is 291. The summed E-state index contributed by atoms with van der Waals surface area (Å²) in [4.78, 5) is 2.76. The van der Waals surface area contributed by atoms with Gasteiger partial charge in [-0.2, -0.15) is 0 Å². The smallest absolute Gasteiger partial charge is 0.0546 e. The molecule has 1 atom stereocenters. The zero-order valence-corrected chi connectivity index (χ0v) is 13.2. The van der Waals surface area contributed by atoms with Gasteiger partial charge in [0.15, 0.2) is 0 Å². The van der Waals surface area contributed by atoms with E-state index < -0.39 is 0 Å². The normalized spacial score (nSPS) is 32.1. The molecule has 3 aliphatic rings. The predicted molar refractivity (Wildman–Crippen MR) is 83.0 cm³/mol. The Kier molecular flexibility index (Phi) is 5.00. The third kappa shape index (κ3) is 3.75. The molecule has 1 aliphatic heterocycles. The molecule has 2 saturated carbocycles. The third-order valence-electron chi connectivity index (χ3n) is 5.53. The van der Waals surface area contributed by atoms with Gasteiger partial charge in [-0.1, -0.05) is 19.8 Å². The van der Waals surface area contributed by atoms with Crippen molar-refractivity contribution in [2.75, 3.05) is 32.8 Å². The summed E-state index contributed by atoms with van der Waals surface area (Å²) in [5.74, 6) is 0. The van der Waals surface area contributed by atoms with E-state index in [4.69, 9.17) is 4.74 Å². The van der Waals surface area contributed by atoms with Crippen LogP contribution in [-0.2, 0) is 4.74 Å². The van der Waals surface area contributed by atoms with E-state index in [1.54, 1.807) is 0 Å². The van der Waals surface area contributed by atoms with Crippen LogP contribution in [0.25, 0.3) is 0 Å². The summed E-state index contributed by atoms with van der Waals surface area (Å²) in [5, 5.41) is 3.78. The molecular formula is C17H32N2O. The largest absolute Gasteiger partial charge is 0.381 e. The van der Waals surface area contributed by atoms with Crippen LogP contribution in [0.15, 0.2) is 0 Å². The van der Waals surface area contributed by atoms with Crippen LogP contribution in [0.5, 0.6) is 0 Å². The molecular weight excluding hydrogens is 248 g/mol. The van der Waals surface area contributed by atoms with Crippen molar-refractivity contribution in [1.82, 2.24) is 10.2 Å². The van der Waals surface area contributed by atoms with Crippen LogP contribution >= 0.6 is 0 Å². The van der Waals surface area contributed by atoms with Gasteiger partial charge in [-0.05, 0) is 45.1 Å². The lowest BCUT2D eigenvalue weighted by molar-refractivity contribution is -0.0319. The van der Waals surface area contributed by atoms with Crippen molar-refractivity contribution in [3.63, 3.8) is 0 Å². The fraction of sp³-hybridized carbons (Fsp3) is 1.00. The van der Waals surface area contributed by atoms with Crippen molar-refractivity contribution < 1.29 is 4.74 Å². The standard InChI is InChI=1S/C17H32N2O/c1-2-19(16-6-3-4-7-16)13-17(10-5-11-20-14-17)12-18-15-8-9-15/h15-16,18H,2-14H2,1H3. The first kappa shape index (κ1) is 14.8. The monoisotopic (exact) mass is 280 g/mol. The molecule has 20 heavy (non-hydrogen) atoms. The molecule has 116 valence electrons. The molecule has 1 heterocycles. The van der Waals surface area contributed by atoms with Gasteiger partial charge in [0, 0.05) is 37.2 Å². The second-order valence-corrected chi connectivity index (χ2v) is 7.31. The van der Waals surface area contributed by atoms with E-state index in [1.165, 1.54) is 71.0 Å². The summed E-state index contributed by atoms with van der Waals surface area (Å²) in [5.41, 5.74) is 0.374. The van der Waals surface area contributed by atoms with Gasteiger partial charge in [0.1, 0.15) is 0 Å². The fourth-order valence-corrected chi connectivity index (χ4v) is 4.08. The summed E-state index contributed by atoms with van der Waals surface area (Å²) in [6.45, 7) is 7.89. The zero-order valence-electron chi connectivity index (χ0n) is 13.2. The van der Waals surface area contributed by atoms with E-state index in [2.05, 4.69) is 17.1 Å². The maximum Gasteiger partial charge on any atom is 0.0546 e. The lowest BCUT2D eigenvalue weighted by atomic mass is 9.81. The molecule has 1 unspecified atom stereocenters. The number of ether oxygens (including phenoxy) is 1. The van der Waals surface area contributed by atoms with Crippen molar-refractivity contribution in [1.29, 1.82) is 0 Å². The van der Waals surface area contributed by atoms with Gasteiger partial charge in [0.2, 0.25) is 0 Å². The Labute approximate surface area is 124 Å². The van der Waals surface area contributed by atoms with E-state index in [0.717, 1.165) is 25.3 Å². The number of hydrogen-bond acceptors (Lipinski definition) is 3. The summed E-state index contributed by atoms with van der Waals surface area (Å²) in [7, 11) is 0. The predicted octanol–water partition coefficient (Wildman–Crippen LogP) is 2.80. The van der Waals surface area contributed by atoms with Crippen LogP contribution in [-0.4, -0.2) is 49.8 Å². The number of nitrogens with zero attached hydrogens (tertiary/aromatic N) is 1. The minimum Gasteiger partial charge on any atom is -0.381 e. The first-order chi connectivity index (χ1) is 9.81. The molecule has 3 nitrogen and oxygen atoms in total. The number of rotatable bonds is 7. The van der Waals surface area contributed by atoms with Gasteiger partial charge in [-0.25, -0.2) is 0 Å². The number of nitrogens with one attached hydrogen (secondary N) is 1. The molecule has 0 spiro atoms. The van der Waals surface area contributed by atoms with E-state index in [-0.39, 0.29) is 0 Å². The molecule has 0 radical (unpaired) electrons. The maximum atomic E-state index is 5.88. The average Bonchev–Trinajstić information content (AvgIpc) is 3.17. The molecule has 0 amide bonds. The summed E-state index contributed by atoms with van der Waals surface area (Å²) >= 11 is 0. The number of hydrogen-bond donors (Lipinski definition) is 1. The van der Waals surface area contributed by atoms with Gasteiger partial charge in [-0.3, -0.25) is 4.90 Å². The van der Waals surface area contributed by atoms with Crippen LogP contribution in [0, 0.1) is 5.41 Å². The highest BCUT2D eigenvalue weighted by Crippen LogP contribution is 2.33. The molecule has 3 heteroatoms. The van der Waals surface area contributed by atoms with Crippen molar-refractivity contribution in [2.45, 2.75) is 70.4 Å². The highest BCUT2D eigenvalue weighted by Gasteiger charge is 2.37. The second kappa shape index (κ2) is 6.76. The van der Waals surface area contributed by atoms with Crippen LogP contribution in [0.3, 0.4) is 0 Å². The van der Waals surface area contributed by atoms with Gasteiger partial charge in [-0.15, -0.1) is 0 Å². The second-order valence-electron chi connectivity index (χ2n) is 7.31.